The van der Waals surface area contributed by atoms with Crippen LogP contribution < -0.4 is 5.32 Å². The van der Waals surface area contributed by atoms with Gasteiger partial charge in [0.25, 0.3) is 5.91 Å². The summed E-state index contributed by atoms with van der Waals surface area (Å²) in [6, 6.07) is 1.89. The van der Waals surface area contributed by atoms with Gasteiger partial charge in [-0.2, -0.15) is 0 Å². The zero-order valence-corrected chi connectivity index (χ0v) is 9.61. The average molecular weight is 222 g/mol. The molecule has 0 aromatic carbocycles. The van der Waals surface area contributed by atoms with Crippen molar-refractivity contribution in [1.82, 2.24) is 10.5 Å². The normalized spacial score (nSPS) is 26.1. The van der Waals surface area contributed by atoms with Gasteiger partial charge in [-0.15, -0.1) is 0 Å². The van der Waals surface area contributed by atoms with Crippen molar-refractivity contribution in [2.75, 3.05) is 0 Å². The molecule has 2 atom stereocenters. The molecule has 0 aliphatic heterocycles. The molecule has 16 heavy (non-hydrogen) atoms. The van der Waals surface area contributed by atoms with Crippen LogP contribution in [0.3, 0.4) is 0 Å². The summed E-state index contributed by atoms with van der Waals surface area (Å²) in [5, 5.41) is 6.65. The number of carbonyl (C=O) groups excluding carboxylic acids is 1. The fourth-order valence-electron chi connectivity index (χ4n) is 2.22. The van der Waals surface area contributed by atoms with Crippen molar-refractivity contribution >= 4 is 5.91 Å². The van der Waals surface area contributed by atoms with Crippen molar-refractivity contribution < 1.29 is 9.32 Å². The van der Waals surface area contributed by atoms with Crippen LogP contribution in [0.15, 0.2) is 16.9 Å². The Labute approximate surface area is 95.4 Å². The van der Waals surface area contributed by atoms with E-state index in [4.69, 9.17) is 0 Å². The van der Waals surface area contributed by atoms with Gasteiger partial charge in [0.15, 0.2) is 5.69 Å². The maximum absolute atomic E-state index is 11.7. The Hall–Kier alpha value is -1.32. The summed E-state index contributed by atoms with van der Waals surface area (Å²) in [7, 11) is 0. The minimum absolute atomic E-state index is 0.117. The molecule has 1 N–H and O–H groups in total. The summed E-state index contributed by atoms with van der Waals surface area (Å²) in [5.74, 6) is 0.669. The van der Waals surface area contributed by atoms with Gasteiger partial charge in [0.1, 0.15) is 6.26 Å². The Bertz CT molecular complexity index is 335. The third-order valence-corrected chi connectivity index (χ3v) is 3.26. The summed E-state index contributed by atoms with van der Waals surface area (Å²) < 4.78 is 4.66. The van der Waals surface area contributed by atoms with Crippen molar-refractivity contribution in [3.8, 4) is 0 Å². The van der Waals surface area contributed by atoms with Crippen LogP contribution in [0.4, 0.5) is 0 Å². The molecule has 4 nitrogen and oxygen atoms in total. The largest absolute Gasteiger partial charge is 0.364 e. The van der Waals surface area contributed by atoms with Crippen molar-refractivity contribution in [3.63, 3.8) is 0 Å². The van der Waals surface area contributed by atoms with Gasteiger partial charge in [-0.3, -0.25) is 4.79 Å². The Balaban J connectivity index is 1.87. The Morgan fingerprint density at radius 1 is 1.44 bits per heavy atom. The van der Waals surface area contributed by atoms with Crippen molar-refractivity contribution in [1.29, 1.82) is 0 Å². The fraction of sp³-hybridized carbons (Fsp3) is 0.667. The lowest BCUT2D eigenvalue weighted by atomic mass is 10.0. The first-order valence-corrected chi connectivity index (χ1v) is 5.97. The molecule has 1 saturated carbocycles. The molecule has 88 valence electrons. The Morgan fingerprint density at radius 2 is 2.31 bits per heavy atom. The number of nitrogens with one attached hydrogen (secondary N) is 1. The summed E-state index contributed by atoms with van der Waals surface area (Å²) in [4.78, 5) is 11.7. The van der Waals surface area contributed by atoms with Gasteiger partial charge in [-0.05, 0) is 25.2 Å². The van der Waals surface area contributed by atoms with Crippen LogP contribution in [0.2, 0.25) is 0 Å². The second kappa shape index (κ2) is 5.14. The first kappa shape index (κ1) is 11.2. The Morgan fingerprint density at radius 3 is 3.06 bits per heavy atom. The monoisotopic (exact) mass is 222 g/mol. The van der Waals surface area contributed by atoms with Crippen molar-refractivity contribution in [2.24, 2.45) is 5.92 Å². The van der Waals surface area contributed by atoms with E-state index in [-0.39, 0.29) is 5.91 Å². The molecule has 0 unspecified atom stereocenters. The lowest BCUT2D eigenvalue weighted by Crippen LogP contribution is -2.34. The number of hydrogen-bond donors (Lipinski definition) is 1. The van der Waals surface area contributed by atoms with Crippen LogP contribution in [0, 0.1) is 5.92 Å². The lowest BCUT2D eigenvalue weighted by molar-refractivity contribution is 0.0924. The maximum Gasteiger partial charge on any atom is 0.273 e. The molecule has 1 aliphatic carbocycles. The third kappa shape index (κ3) is 2.84. The number of aromatic nitrogens is 1. The van der Waals surface area contributed by atoms with Gasteiger partial charge in [0, 0.05) is 12.1 Å². The number of rotatable bonds is 2. The zero-order chi connectivity index (χ0) is 11.4. The first-order valence-electron chi connectivity index (χ1n) is 5.97. The molecule has 1 aliphatic rings. The van der Waals surface area contributed by atoms with E-state index >= 15 is 0 Å². The molecule has 1 fully saturated rings. The van der Waals surface area contributed by atoms with Crippen LogP contribution in [-0.2, 0) is 0 Å². The van der Waals surface area contributed by atoms with Gasteiger partial charge in [-0.25, -0.2) is 0 Å². The van der Waals surface area contributed by atoms with Crippen molar-refractivity contribution in [2.45, 2.75) is 45.1 Å². The van der Waals surface area contributed by atoms with Gasteiger partial charge in [0.2, 0.25) is 0 Å². The SMILES string of the molecule is C[C@H]1CCC[C@H](NC(=O)c2ccon2)CC1. The van der Waals surface area contributed by atoms with E-state index in [1.165, 1.54) is 25.5 Å². The maximum atomic E-state index is 11.7. The van der Waals surface area contributed by atoms with Crippen LogP contribution in [0.25, 0.3) is 0 Å². The van der Waals surface area contributed by atoms with E-state index in [9.17, 15) is 4.79 Å². The molecule has 4 heteroatoms. The minimum Gasteiger partial charge on any atom is -0.364 e. The summed E-state index contributed by atoms with van der Waals surface area (Å²) in [6.07, 6.45) is 7.24. The second-order valence-corrected chi connectivity index (χ2v) is 4.67. The van der Waals surface area contributed by atoms with E-state index in [0.29, 0.717) is 11.7 Å². The van der Waals surface area contributed by atoms with E-state index in [1.54, 1.807) is 6.07 Å². The highest BCUT2D eigenvalue weighted by molar-refractivity contribution is 5.92. The molecule has 1 amide bonds. The molecule has 0 radical (unpaired) electrons. The summed E-state index contributed by atoms with van der Waals surface area (Å²) in [5.41, 5.74) is 0.372. The standard InChI is InChI=1S/C12H18N2O2/c1-9-3-2-4-10(6-5-9)13-12(15)11-7-8-16-14-11/h7-10H,2-6H2,1H3,(H,13,15)/t9-,10-/m0/s1. The van der Waals surface area contributed by atoms with E-state index in [0.717, 1.165) is 18.8 Å². The summed E-state index contributed by atoms with van der Waals surface area (Å²) >= 11 is 0. The average Bonchev–Trinajstić information content (AvgIpc) is 2.72. The molecule has 1 aromatic heterocycles. The molecule has 0 bridgehead atoms. The number of carbonyl (C=O) groups is 1. The van der Waals surface area contributed by atoms with Gasteiger partial charge >= 0.3 is 0 Å². The molecule has 1 aromatic rings. The number of nitrogens with zero attached hydrogens (tertiary/aromatic N) is 1. The second-order valence-electron chi connectivity index (χ2n) is 4.67. The van der Waals surface area contributed by atoms with Gasteiger partial charge < -0.3 is 9.84 Å². The van der Waals surface area contributed by atoms with E-state index in [1.807, 2.05) is 0 Å². The molecule has 0 saturated heterocycles. The quantitative estimate of drug-likeness (QED) is 0.781. The molecular formula is C12H18N2O2. The Kier molecular flexibility index (Phi) is 3.59. The van der Waals surface area contributed by atoms with Crippen LogP contribution in [0.1, 0.15) is 49.5 Å². The fourth-order valence-corrected chi connectivity index (χ4v) is 2.22. The molecular weight excluding hydrogens is 204 g/mol. The zero-order valence-electron chi connectivity index (χ0n) is 9.61. The van der Waals surface area contributed by atoms with Crippen LogP contribution >= 0.6 is 0 Å². The smallest absolute Gasteiger partial charge is 0.273 e. The van der Waals surface area contributed by atoms with Crippen LogP contribution in [-0.4, -0.2) is 17.1 Å². The molecule has 1 heterocycles. The number of amides is 1. The van der Waals surface area contributed by atoms with Gasteiger partial charge in [-0.1, -0.05) is 24.9 Å². The minimum atomic E-state index is -0.117. The lowest BCUT2D eigenvalue weighted by Gasteiger charge is -2.15. The van der Waals surface area contributed by atoms with E-state index in [2.05, 4.69) is 21.9 Å². The summed E-state index contributed by atoms with van der Waals surface area (Å²) in [6.45, 7) is 2.28. The highest BCUT2D eigenvalue weighted by Crippen LogP contribution is 2.22. The highest BCUT2D eigenvalue weighted by Gasteiger charge is 2.19. The topological polar surface area (TPSA) is 55.1 Å². The molecule has 0 spiro atoms. The van der Waals surface area contributed by atoms with E-state index < -0.39 is 0 Å². The van der Waals surface area contributed by atoms with Crippen molar-refractivity contribution in [3.05, 3.63) is 18.0 Å². The first-order chi connectivity index (χ1) is 7.75. The third-order valence-electron chi connectivity index (χ3n) is 3.26. The number of hydrogen-bond acceptors (Lipinski definition) is 3. The highest BCUT2D eigenvalue weighted by atomic mass is 16.5. The molecule has 2 rings (SSSR count). The predicted molar refractivity (Wildman–Crippen MR) is 60.0 cm³/mol. The van der Waals surface area contributed by atoms with Crippen LogP contribution in [0.5, 0.6) is 0 Å². The predicted octanol–water partition coefficient (Wildman–Crippen LogP) is 2.37. The van der Waals surface area contributed by atoms with Gasteiger partial charge in [0.05, 0.1) is 0 Å².